The summed E-state index contributed by atoms with van der Waals surface area (Å²) in [5, 5.41) is 9.84. The second-order valence-corrected chi connectivity index (χ2v) is 7.43. The molecule has 0 aliphatic heterocycles. The fourth-order valence-corrected chi connectivity index (χ4v) is 3.19. The van der Waals surface area contributed by atoms with Gasteiger partial charge in [0.1, 0.15) is 0 Å². The molecule has 126 valence electrons. The highest BCUT2D eigenvalue weighted by Gasteiger charge is 2.60. The van der Waals surface area contributed by atoms with Crippen LogP contribution in [-0.2, 0) is 4.79 Å². The van der Waals surface area contributed by atoms with Gasteiger partial charge in [0.05, 0.1) is 5.92 Å². The molecule has 0 saturated heterocycles. The van der Waals surface area contributed by atoms with E-state index in [-0.39, 0.29) is 23.2 Å². The lowest BCUT2D eigenvalue weighted by atomic mass is 10.1. The molecule has 0 spiro atoms. The van der Waals surface area contributed by atoms with Gasteiger partial charge in [0.2, 0.25) is 11.9 Å². The zero-order valence-electron chi connectivity index (χ0n) is 14.8. The Kier molecular flexibility index (Phi) is 4.03. The summed E-state index contributed by atoms with van der Waals surface area (Å²) < 4.78 is 0. The zero-order chi connectivity index (χ0) is 17.5. The predicted octanol–water partition coefficient (Wildman–Crippen LogP) is 3.96. The largest absolute Gasteiger partial charge is 0.293 e. The number of aryl methyl sites for hydroxylation is 1. The van der Waals surface area contributed by atoms with Gasteiger partial charge in [-0.3, -0.25) is 15.2 Å². The number of nitrogens with zero attached hydrogens (tertiary/aromatic N) is 2. The van der Waals surface area contributed by atoms with Gasteiger partial charge in [-0.05, 0) is 32.1 Å². The van der Waals surface area contributed by atoms with E-state index in [4.69, 9.17) is 0 Å². The summed E-state index contributed by atoms with van der Waals surface area (Å²) in [6.45, 7) is 10.4. The van der Waals surface area contributed by atoms with E-state index in [9.17, 15) is 4.79 Å². The topological polar surface area (TPSA) is 70.7 Å². The Balaban J connectivity index is 1.70. The van der Waals surface area contributed by atoms with E-state index in [1.807, 2.05) is 31.2 Å². The number of aromatic nitrogens is 3. The third-order valence-electron chi connectivity index (χ3n) is 4.75. The standard InChI is InChI=1S/C19H24N4O/c1-11(2)10-14-15(19(14,4)5)17(24)21-18-20-16(22-23-18)13-8-6-12(3)7-9-13/h6-10,14-15H,1-5H3,(H2,20,21,22,23,24)/t14-,15-/m0/s1. The maximum Gasteiger partial charge on any atom is 0.249 e. The molecule has 0 unspecified atom stereocenters. The number of allylic oxidation sites excluding steroid dienone is 2. The molecule has 1 amide bonds. The van der Waals surface area contributed by atoms with Crippen LogP contribution in [0.4, 0.5) is 5.95 Å². The summed E-state index contributed by atoms with van der Waals surface area (Å²) >= 11 is 0. The highest BCUT2D eigenvalue weighted by molar-refractivity contribution is 5.94. The number of hydrogen-bond acceptors (Lipinski definition) is 3. The van der Waals surface area contributed by atoms with Crippen LogP contribution in [0.3, 0.4) is 0 Å². The molecule has 1 heterocycles. The number of hydrogen-bond donors (Lipinski definition) is 2. The first-order valence-electron chi connectivity index (χ1n) is 8.24. The Morgan fingerprint density at radius 3 is 2.54 bits per heavy atom. The summed E-state index contributed by atoms with van der Waals surface area (Å²) in [5.74, 6) is 1.21. The van der Waals surface area contributed by atoms with Crippen LogP contribution in [0.5, 0.6) is 0 Å². The van der Waals surface area contributed by atoms with Crippen molar-refractivity contribution in [1.82, 2.24) is 15.2 Å². The molecule has 1 aromatic carbocycles. The van der Waals surface area contributed by atoms with Crippen LogP contribution in [0.25, 0.3) is 11.4 Å². The van der Waals surface area contributed by atoms with E-state index in [2.05, 4.69) is 54.3 Å². The molecule has 1 fully saturated rings. The monoisotopic (exact) mass is 324 g/mol. The third kappa shape index (κ3) is 3.11. The summed E-state index contributed by atoms with van der Waals surface area (Å²) in [5.41, 5.74) is 3.36. The quantitative estimate of drug-likeness (QED) is 0.836. The van der Waals surface area contributed by atoms with Crippen molar-refractivity contribution in [3.8, 4) is 11.4 Å². The van der Waals surface area contributed by atoms with E-state index in [0.717, 1.165) is 5.56 Å². The van der Waals surface area contributed by atoms with E-state index in [1.54, 1.807) is 0 Å². The second-order valence-electron chi connectivity index (χ2n) is 7.43. The maximum absolute atomic E-state index is 12.5. The van der Waals surface area contributed by atoms with Crippen molar-refractivity contribution >= 4 is 11.9 Å². The van der Waals surface area contributed by atoms with E-state index >= 15 is 0 Å². The molecule has 5 heteroatoms. The summed E-state index contributed by atoms with van der Waals surface area (Å²) in [6.07, 6.45) is 2.18. The highest BCUT2D eigenvalue weighted by atomic mass is 16.2. The first-order chi connectivity index (χ1) is 11.3. The van der Waals surface area contributed by atoms with Gasteiger partial charge in [-0.25, -0.2) is 0 Å². The first-order valence-corrected chi connectivity index (χ1v) is 8.24. The van der Waals surface area contributed by atoms with Crippen molar-refractivity contribution in [2.24, 2.45) is 17.3 Å². The van der Waals surface area contributed by atoms with Crippen molar-refractivity contribution < 1.29 is 4.79 Å². The van der Waals surface area contributed by atoms with Gasteiger partial charge in [0.25, 0.3) is 0 Å². The molecule has 2 N–H and O–H groups in total. The van der Waals surface area contributed by atoms with E-state index in [1.165, 1.54) is 11.1 Å². The fourth-order valence-electron chi connectivity index (χ4n) is 3.19. The number of amides is 1. The lowest BCUT2D eigenvalue weighted by molar-refractivity contribution is -0.118. The Morgan fingerprint density at radius 2 is 1.92 bits per heavy atom. The lowest BCUT2D eigenvalue weighted by Crippen LogP contribution is -2.17. The molecule has 5 nitrogen and oxygen atoms in total. The highest BCUT2D eigenvalue weighted by Crippen LogP contribution is 2.59. The molecule has 0 radical (unpaired) electrons. The van der Waals surface area contributed by atoms with Crippen molar-refractivity contribution in [2.45, 2.75) is 34.6 Å². The van der Waals surface area contributed by atoms with Gasteiger partial charge in [-0.1, -0.05) is 55.3 Å². The number of benzene rings is 1. The van der Waals surface area contributed by atoms with Crippen molar-refractivity contribution in [3.05, 3.63) is 41.5 Å². The van der Waals surface area contributed by atoms with Gasteiger partial charge < -0.3 is 0 Å². The molecular formula is C19H24N4O. The number of nitrogens with one attached hydrogen (secondary N) is 2. The number of H-pyrrole nitrogens is 1. The third-order valence-corrected chi connectivity index (χ3v) is 4.75. The number of carbonyl (C=O) groups is 1. The number of rotatable bonds is 4. The Morgan fingerprint density at radius 1 is 1.25 bits per heavy atom. The van der Waals surface area contributed by atoms with Gasteiger partial charge in [0, 0.05) is 5.56 Å². The van der Waals surface area contributed by atoms with Gasteiger partial charge in [-0.15, -0.1) is 5.10 Å². The van der Waals surface area contributed by atoms with Crippen LogP contribution >= 0.6 is 0 Å². The average molecular weight is 324 g/mol. The molecule has 1 saturated carbocycles. The van der Waals surface area contributed by atoms with Crippen LogP contribution in [-0.4, -0.2) is 21.1 Å². The minimum atomic E-state index is -0.0336. The summed E-state index contributed by atoms with van der Waals surface area (Å²) in [7, 11) is 0. The molecule has 0 bridgehead atoms. The van der Waals surface area contributed by atoms with Crippen LogP contribution in [0.15, 0.2) is 35.9 Å². The van der Waals surface area contributed by atoms with E-state index < -0.39 is 0 Å². The van der Waals surface area contributed by atoms with Gasteiger partial charge in [-0.2, -0.15) is 4.98 Å². The lowest BCUT2D eigenvalue weighted by Gasteiger charge is -2.01. The smallest absolute Gasteiger partial charge is 0.249 e. The normalized spacial score (nSPS) is 21.2. The Labute approximate surface area is 142 Å². The maximum atomic E-state index is 12.5. The zero-order valence-corrected chi connectivity index (χ0v) is 14.8. The van der Waals surface area contributed by atoms with Crippen molar-refractivity contribution in [1.29, 1.82) is 0 Å². The van der Waals surface area contributed by atoms with Crippen LogP contribution in [0.1, 0.15) is 33.3 Å². The van der Waals surface area contributed by atoms with Crippen molar-refractivity contribution in [2.75, 3.05) is 5.32 Å². The SMILES string of the molecule is CC(C)=C[C@H]1[C@@H](C(=O)Nc2n[nH]c(-c3ccc(C)cc3)n2)C1(C)C. The Bertz CT molecular complexity index is 782. The van der Waals surface area contributed by atoms with Crippen LogP contribution < -0.4 is 5.32 Å². The number of carbonyl (C=O) groups excluding carboxylic acids is 1. The second kappa shape index (κ2) is 5.89. The number of aromatic amines is 1. The molecule has 2 aromatic rings. The summed E-state index contributed by atoms with van der Waals surface area (Å²) in [4.78, 5) is 16.9. The van der Waals surface area contributed by atoms with Gasteiger partial charge >= 0.3 is 0 Å². The predicted molar refractivity (Wildman–Crippen MR) is 95.4 cm³/mol. The van der Waals surface area contributed by atoms with Crippen LogP contribution in [0, 0.1) is 24.2 Å². The van der Waals surface area contributed by atoms with Crippen LogP contribution in [0.2, 0.25) is 0 Å². The van der Waals surface area contributed by atoms with Gasteiger partial charge in [0.15, 0.2) is 5.82 Å². The molecule has 1 aromatic heterocycles. The average Bonchev–Trinajstić information content (AvgIpc) is 2.84. The molecule has 2 atom stereocenters. The minimum Gasteiger partial charge on any atom is -0.293 e. The summed E-state index contributed by atoms with van der Waals surface area (Å²) in [6, 6.07) is 8.01. The first kappa shape index (κ1) is 16.4. The minimum absolute atomic E-state index is 0.0164. The van der Waals surface area contributed by atoms with E-state index in [0.29, 0.717) is 11.8 Å². The molecule has 1 aliphatic rings. The molecule has 1 aliphatic carbocycles. The molecular weight excluding hydrogens is 300 g/mol. The fraction of sp³-hybridized carbons (Fsp3) is 0.421. The van der Waals surface area contributed by atoms with Crippen molar-refractivity contribution in [3.63, 3.8) is 0 Å². The Hall–Kier alpha value is -2.43. The number of anilines is 1. The molecule has 24 heavy (non-hydrogen) atoms. The molecule has 3 rings (SSSR count).